The standard InChI is InChI=1S/C21H22FN3O3S/c1-4-25-20(14(2)28-18-11-9-17(27-3)10-12-18)23-24-21(25)29-13-19(26)15-5-7-16(22)8-6-15/h5-12,14H,4,13H2,1-3H3. The van der Waals surface area contributed by atoms with Crippen molar-refractivity contribution in [2.24, 2.45) is 0 Å². The van der Waals surface area contributed by atoms with Crippen LogP contribution in [-0.2, 0) is 6.54 Å². The van der Waals surface area contributed by atoms with Gasteiger partial charge >= 0.3 is 0 Å². The second kappa shape index (κ2) is 9.56. The average molecular weight is 415 g/mol. The highest BCUT2D eigenvalue weighted by molar-refractivity contribution is 7.99. The molecule has 3 rings (SSSR count). The van der Waals surface area contributed by atoms with Crippen LogP contribution in [-0.4, -0.2) is 33.4 Å². The zero-order valence-corrected chi connectivity index (χ0v) is 17.3. The molecule has 0 radical (unpaired) electrons. The van der Waals surface area contributed by atoms with Gasteiger partial charge in [0.05, 0.1) is 12.9 Å². The molecule has 8 heteroatoms. The minimum Gasteiger partial charge on any atom is -0.497 e. The van der Waals surface area contributed by atoms with E-state index in [1.165, 1.54) is 36.0 Å². The summed E-state index contributed by atoms with van der Waals surface area (Å²) < 4.78 is 26.1. The van der Waals surface area contributed by atoms with Gasteiger partial charge in [-0.2, -0.15) is 0 Å². The number of aromatic nitrogens is 3. The van der Waals surface area contributed by atoms with Gasteiger partial charge in [0, 0.05) is 12.1 Å². The normalized spacial score (nSPS) is 11.9. The van der Waals surface area contributed by atoms with Crippen LogP contribution in [0.3, 0.4) is 0 Å². The molecule has 1 heterocycles. The van der Waals surface area contributed by atoms with Gasteiger partial charge in [-0.25, -0.2) is 4.39 Å². The summed E-state index contributed by atoms with van der Waals surface area (Å²) >= 11 is 1.30. The van der Waals surface area contributed by atoms with Crippen LogP contribution >= 0.6 is 11.8 Å². The molecule has 152 valence electrons. The Balaban J connectivity index is 1.67. The highest BCUT2D eigenvalue weighted by atomic mass is 32.2. The summed E-state index contributed by atoms with van der Waals surface area (Å²) in [5.41, 5.74) is 0.470. The molecule has 0 spiro atoms. The molecular formula is C21H22FN3O3S. The van der Waals surface area contributed by atoms with Crippen LogP contribution in [0.1, 0.15) is 36.1 Å². The maximum atomic E-state index is 13.0. The van der Waals surface area contributed by atoms with Crippen LogP contribution in [0.5, 0.6) is 11.5 Å². The van der Waals surface area contributed by atoms with Crippen molar-refractivity contribution in [3.63, 3.8) is 0 Å². The Morgan fingerprint density at radius 2 is 1.76 bits per heavy atom. The van der Waals surface area contributed by atoms with Crippen LogP contribution in [0, 0.1) is 5.82 Å². The highest BCUT2D eigenvalue weighted by Crippen LogP contribution is 2.26. The van der Waals surface area contributed by atoms with E-state index in [-0.39, 0.29) is 23.5 Å². The first-order chi connectivity index (χ1) is 14.0. The van der Waals surface area contributed by atoms with E-state index in [9.17, 15) is 9.18 Å². The van der Waals surface area contributed by atoms with Gasteiger partial charge in [0.1, 0.15) is 17.3 Å². The third-order valence-corrected chi connectivity index (χ3v) is 5.26. The first-order valence-electron chi connectivity index (χ1n) is 9.17. The topological polar surface area (TPSA) is 66.2 Å². The molecule has 29 heavy (non-hydrogen) atoms. The first kappa shape index (κ1) is 20.9. The monoisotopic (exact) mass is 415 g/mol. The number of halogens is 1. The molecule has 6 nitrogen and oxygen atoms in total. The van der Waals surface area contributed by atoms with E-state index in [0.29, 0.717) is 28.8 Å². The Bertz CT molecular complexity index is 958. The number of ether oxygens (including phenoxy) is 2. The van der Waals surface area contributed by atoms with Gasteiger partial charge in [0.25, 0.3) is 0 Å². The van der Waals surface area contributed by atoms with Gasteiger partial charge in [0.2, 0.25) is 0 Å². The van der Waals surface area contributed by atoms with Crippen molar-refractivity contribution >= 4 is 17.5 Å². The number of benzene rings is 2. The SMILES string of the molecule is CCn1c(SCC(=O)c2ccc(F)cc2)nnc1C(C)Oc1ccc(OC)cc1. The second-order valence-corrected chi connectivity index (χ2v) is 7.18. The van der Waals surface area contributed by atoms with E-state index in [1.54, 1.807) is 7.11 Å². The number of carbonyl (C=O) groups is 1. The molecule has 0 aliphatic heterocycles. The predicted molar refractivity (Wildman–Crippen MR) is 109 cm³/mol. The Morgan fingerprint density at radius 1 is 1.10 bits per heavy atom. The van der Waals surface area contributed by atoms with Crippen LogP contribution in [0.4, 0.5) is 4.39 Å². The number of thioether (sulfide) groups is 1. The Labute approximate surface area is 173 Å². The molecule has 0 fully saturated rings. The van der Waals surface area contributed by atoms with E-state index >= 15 is 0 Å². The van der Waals surface area contributed by atoms with Gasteiger partial charge in [-0.15, -0.1) is 10.2 Å². The first-order valence-corrected chi connectivity index (χ1v) is 10.2. The smallest absolute Gasteiger partial charge is 0.191 e. The largest absolute Gasteiger partial charge is 0.497 e. The van der Waals surface area contributed by atoms with Crippen molar-refractivity contribution in [2.75, 3.05) is 12.9 Å². The fourth-order valence-corrected chi connectivity index (χ4v) is 3.67. The lowest BCUT2D eigenvalue weighted by atomic mass is 10.1. The zero-order chi connectivity index (χ0) is 20.8. The summed E-state index contributed by atoms with van der Waals surface area (Å²) in [7, 11) is 1.61. The van der Waals surface area contributed by atoms with E-state index in [4.69, 9.17) is 9.47 Å². The van der Waals surface area contributed by atoms with Crippen molar-refractivity contribution < 1.29 is 18.7 Å². The molecular weight excluding hydrogens is 393 g/mol. The predicted octanol–water partition coefficient (Wildman–Crippen LogP) is 4.56. The molecule has 0 aliphatic carbocycles. The van der Waals surface area contributed by atoms with Gasteiger partial charge < -0.3 is 14.0 Å². The third-order valence-electron chi connectivity index (χ3n) is 4.30. The molecule has 1 aromatic heterocycles. The number of nitrogens with zero attached hydrogens (tertiary/aromatic N) is 3. The molecule has 1 unspecified atom stereocenters. The van der Waals surface area contributed by atoms with Crippen molar-refractivity contribution in [1.82, 2.24) is 14.8 Å². The Morgan fingerprint density at radius 3 is 2.38 bits per heavy atom. The average Bonchev–Trinajstić information content (AvgIpc) is 3.16. The van der Waals surface area contributed by atoms with E-state index in [0.717, 1.165) is 5.75 Å². The molecule has 0 amide bonds. The summed E-state index contributed by atoms with van der Waals surface area (Å²) in [5.74, 6) is 1.87. The number of ketones is 1. The molecule has 0 aliphatic rings. The molecule has 0 saturated heterocycles. The number of carbonyl (C=O) groups excluding carboxylic acids is 1. The molecule has 1 atom stereocenters. The molecule has 0 saturated carbocycles. The summed E-state index contributed by atoms with van der Waals surface area (Å²) in [6.07, 6.45) is -0.321. The molecule has 0 N–H and O–H groups in total. The maximum Gasteiger partial charge on any atom is 0.191 e. The van der Waals surface area contributed by atoms with Crippen LogP contribution < -0.4 is 9.47 Å². The van der Waals surface area contributed by atoms with Gasteiger partial charge in [0.15, 0.2) is 22.9 Å². The van der Waals surface area contributed by atoms with Gasteiger partial charge in [-0.1, -0.05) is 11.8 Å². The quantitative estimate of drug-likeness (QED) is 0.377. The minimum absolute atomic E-state index is 0.0928. The molecule has 0 bridgehead atoms. The van der Waals surface area contributed by atoms with Gasteiger partial charge in [-0.05, 0) is 62.4 Å². The summed E-state index contributed by atoms with van der Waals surface area (Å²) in [6, 6.07) is 12.9. The van der Waals surface area contributed by atoms with Crippen molar-refractivity contribution in [1.29, 1.82) is 0 Å². The van der Waals surface area contributed by atoms with E-state index in [1.807, 2.05) is 42.7 Å². The lowest BCUT2D eigenvalue weighted by Gasteiger charge is -2.15. The third kappa shape index (κ3) is 5.14. The summed E-state index contributed by atoms with van der Waals surface area (Å²) in [4.78, 5) is 12.3. The number of Topliss-reactive ketones (excluding diaryl/α,β-unsaturated/α-hetero) is 1. The second-order valence-electron chi connectivity index (χ2n) is 6.24. The molecule has 3 aromatic rings. The number of hydrogen-bond acceptors (Lipinski definition) is 6. The Hall–Kier alpha value is -2.87. The van der Waals surface area contributed by atoms with Crippen molar-refractivity contribution in [3.05, 3.63) is 65.7 Å². The lowest BCUT2D eigenvalue weighted by molar-refractivity contribution is 0.102. The fraction of sp³-hybridized carbons (Fsp3) is 0.286. The maximum absolute atomic E-state index is 13.0. The lowest BCUT2D eigenvalue weighted by Crippen LogP contribution is -2.12. The van der Waals surface area contributed by atoms with Crippen LogP contribution in [0.15, 0.2) is 53.7 Å². The zero-order valence-electron chi connectivity index (χ0n) is 16.5. The highest BCUT2D eigenvalue weighted by Gasteiger charge is 2.19. The number of methoxy groups -OCH3 is 1. The van der Waals surface area contributed by atoms with Gasteiger partial charge in [-0.3, -0.25) is 4.79 Å². The Kier molecular flexibility index (Phi) is 6.87. The van der Waals surface area contributed by atoms with Crippen molar-refractivity contribution in [2.45, 2.75) is 31.7 Å². The summed E-state index contributed by atoms with van der Waals surface area (Å²) in [5, 5.41) is 9.12. The summed E-state index contributed by atoms with van der Waals surface area (Å²) in [6.45, 7) is 4.53. The number of rotatable bonds is 9. The fourth-order valence-electron chi connectivity index (χ4n) is 2.77. The van der Waals surface area contributed by atoms with Crippen LogP contribution in [0.2, 0.25) is 0 Å². The van der Waals surface area contributed by atoms with E-state index in [2.05, 4.69) is 10.2 Å². The van der Waals surface area contributed by atoms with Crippen LogP contribution in [0.25, 0.3) is 0 Å². The van der Waals surface area contributed by atoms with E-state index < -0.39 is 0 Å². The molecule has 2 aromatic carbocycles. The minimum atomic E-state index is -0.365. The van der Waals surface area contributed by atoms with Crippen molar-refractivity contribution in [3.8, 4) is 11.5 Å². The number of hydrogen-bond donors (Lipinski definition) is 0.